The first kappa shape index (κ1) is 11.2. The van der Waals surface area contributed by atoms with E-state index in [2.05, 4.69) is 15.7 Å². The van der Waals surface area contributed by atoms with Crippen molar-refractivity contribution in [1.29, 1.82) is 0 Å². The molecule has 18 heavy (non-hydrogen) atoms. The van der Waals surface area contributed by atoms with Gasteiger partial charge in [-0.05, 0) is 19.0 Å². The molecular weight excluding hydrogens is 228 g/mol. The summed E-state index contributed by atoms with van der Waals surface area (Å²) in [5.41, 5.74) is 1.49. The van der Waals surface area contributed by atoms with E-state index in [1.807, 2.05) is 31.3 Å². The van der Waals surface area contributed by atoms with Crippen molar-refractivity contribution in [2.24, 2.45) is 7.05 Å². The average molecular weight is 244 g/mol. The number of fused-ring (bicyclic) bond motifs is 1. The van der Waals surface area contributed by atoms with Crippen molar-refractivity contribution in [2.75, 3.05) is 13.1 Å². The number of carbonyl (C=O) groups is 1. The van der Waals surface area contributed by atoms with Crippen molar-refractivity contribution < 1.29 is 4.79 Å². The highest BCUT2D eigenvalue weighted by molar-refractivity contribution is 6.04. The number of aromatic nitrogens is 2. The lowest BCUT2D eigenvalue weighted by Gasteiger charge is -2.09. The first-order valence-corrected chi connectivity index (χ1v) is 6.19. The summed E-state index contributed by atoms with van der Waals surface area (Å²) in [6.45, 7) is 1.81. The Morgan fingerprint density at radius 3 is 3.11 bits per heavy atom. The first-order valence-electron chi connectivity index (χ1n) is 6.19. The summed E-state index contributed by atoms with van der Waals surface area (Å²) >= 11 is 0. The van der Waals surface area contributed by atoms with Crippen LogP contribution in [0.3, 0.4) is 0 Å². The molecule has 1 amide bonds. The smallest absolute Gasteiger partial charge is 0.272 e. The Hall–Kier alpha value is -1.88. The molecule has 1 unspecified atom stereocenters. The summed E-state index contributed by atoms with van der Waals surface area (Å²) in [7, 11) is 1.86. The Bertz CT molecular complexity index is 584. The van der Waals surface area contributed by atoms with Crippen LogP contribution >= 0.6 is 0 Å². The highest BCUT2D eigenvalue weighted by Gasteiger charge is 2.21. The van der Waals surface area contributed by atoms with Gasteiger partial charge in [-0.3, -0.25) is 9.48 Å². The maximum Gasteiger partial charge on any atom is 0.272 e. The summed E-state index contributed by atoms with van der Waals surface area (Å²) in [6, 6.07) is 8.00. The third-order valence-corrected chi connectivity index (χ3v) is 3.37. The van der Waals surface area contributed by atoms with Crippen LogP contribution in [0.1, 0.15) is 16.9 Å². The van der Waals surface area contributed by atoms with Gasteiger partial charge in [0.2, 0.25) is 0 Å². The van der Waals surface area contributed by atoms with Crippen LogP contribution in [0, 0.1) is 0 Å². The van der Waals surface area contributed by atoms with Crippen LogP contribution in [0.5, 0.6) is 0 Å². The molecule has 2 N–H and O–H groups in total. The van der Waals surface area contributed by atoms with E-state index in [9.17, 15) is 4.79 Å². The molecular formula is C13H16N4O. The molecule has 94 valence electrons. The topological polar surface area (TPSA) is 59.0 Å². The van der Waals surface area contributed by atoms with E-state index < -0.39 is 0 Å². The molecule has 1 atom stereocenters. The van der Waals surface area contributed by atoms with Crippen LogP contribution in [-0.4, -0.2) is 34.8 Å². The Labute approximate surface area is 105 Å². The number of nitrogens with zero attached hydrogens (tertiary/aromatic N) is 2. The zero-order valence-electron chi connectivity index (χ0n) is 10.3. The molecule has 0 radical (unpaired) electrons. The van der Waals surface area contributed by atoms with Gasteiger partial charge in [0.05, 0.1) is 5.52 Å². The van der Waals surface area contributed by atoms with E-state index in [0.717, 1.165) is 30.4 Å². The Morgan fingerprint density at radius 2 is 2.33 bits per heavy atom. The van der Waals surface area contributed by atoms with Gasteiger partial charge in [0, 0.05) is 25.0 Å². The minimum atomic E-state index is -0.0829. The molecule has 2 heterocycles. The second-order valence-electron chi connectivity index (χ2n) is 4.65. The van der Waals surface area contributed by atoms with Gasteiger partial charge in [0.1, 0.15) is 0 Å². The number of aryl methyl sites for hydroxylation is 1. The monoisotopic (exact) mass is 244 g/mol. The number of para-hydroxylation sites is 1. The van der Waals surface area contributed by atoms with Gasteiger partial charge in [0.25, 0.3) is 5.91 Å². The number of hydrogen-bond acceptors (Lipinski definition) is 3. The molecule has 1 aromatic carbocycles. The number of amides is 1. The summed E-state index contributed by atoms with van der Waals surface area (Å²) in [5, 5.41) is 11.5. The molecule has 0 saturated carbocycles. The lowest BCUT2D eigenvalue weighted by Crippen LogP contribution is -2.36. The zero-order valence-corrected chi connectivity index (χ0v) is 10.3. The van der Waals surface area contributed by atoms with Crippen molar-refractivity contribution in [3.8, 4) is 0 Å². The van der Waals surface area contributed by atoms with E-state index in [0.29, 0.717) is 5.69 Å². The quantitative estimate of drug-likeness (QED) is 0.816. The predicted octanol–water partition coefficient (Wildman–Crippen LogP) is 0.665. The van der Waals surface area contributed by atoms with Gasteiger partial charge in [-0.1, -0.05) is 18.2 Å². The van der Waals surface area contributed by atoms with Crippen LogP contribution in [-0.2, 0) is 7.05 Å². The molecule has 0 spiro atoms. The number of benzene rings is 1. The van der Waals surface area contributed by atoms with E-state index in [1.54, 1.807) is 4.68 Å². The zero-order chi connectivity index (χ0) is 12.5. The number of hydrogen-bond donors (Lipinski definition) is 2. The molecule has 1 aromatic heterocycles. The van der Waals surface area contributed by atoms with Crippen molar-refractivity contribution in [3.05, 3.63) is 30.0 Å². The van der Waals surface area contributed by atoms with Crippen molar-refractivity contribution >= 4 is 16.8 Å². The maximum absolute atomic E-state index is 12.2. The molecule has 1 fully saturated rings. The van der Waals surface area contributed by atoms with Crippen molar-refractivity contribution in [3.63, 3.8) is 0 Å². The Balaban J connectivity index is 1.91. The SMILES string of the molecule is Cn1nc(C(=O)NC2CCNC2)c2ccccc21. The number of nitrogens with one attached hydrogen (secondary N) is 2. The first-order chi connectivity index (χ1) is 8.75. The minimum Gasteiger partial charge on any atom is -0.347 e. The third kappa shape index (κ3) is 1.86. The summed E-state index contributed by atoms with van der Waals surface area (Å²) in [6.07, 6.45) is 0.983. The lowest BCUT2D eigenvalue weighted by atomic mass is 10.2. The van der Waals surface area contributed by atoms with Crippen LogP contribution in [0.25, 0.3) is 10.9 Å². The molecule has 5 nitrogen and oxygen atoms in total. The molecule has 5 heteroatoms. The van der Waals surface area contributed by atoms with Crippen LogP contribution in [0.2, 0.25) is 0 Å². The van der Waals surface area contributed by atoms with Crippen LogP contribution in [0.4, 0.5) is 0 Å². The fourth-order valence-corrected chi connectivity index (χ4v) is 2.41. The van der Waals surface area contributed by atoms with Gasteiger partial charge in [-0.2, -0.15) is 5.10 Å². The fourth-order valence-electron chi connectivity index (χ4n) is 2.41. The van der Waals surface area contributed by atoms with Crippen molar-refractivity contribution in [2.45, 2.75) is 12.5 Å². The molecule has 1 saturated heterocycles. The van der Waals surface area contributed by atoms with Gasteiger partial charge in [-0.25, -0.2) is 0 Å². The van der Waals surface area contributed by atoms with E-state index in [-0.39, 0.29) is 11.9 Å². The molecule has 0 aliphatic carbocycles. The van der Waals surface area contributed by atoms with E-state index >= 15 is 0 Å². The standard InChI is InChI=1S/C13H16N4O/c1-17-11-5-3-2-4-10(11)12(16-17)13(18)15-9-6-7-14-8-9/h2-5,9,14H,6-8H2,1H3,(H,15,18). The third-order valence-electron chi connectivity index (χ3n) is 3.37. The largest absolute Gasteiger partial charge is 0.347 e. The summed E-state index contributed by atoms with van der Waals surface area (Å²) in [5.74, 6) is -0.0829. The van der Waals surface area contributed by atoms with Gasteiger partial charge < -0.3 is 10.6 Å². The number of rotatable bonds is 2. The molecule has 2 aromatic rings. The minimum absolute atomic E-state index is 0.0829. The number of carbonyl (C=O) groups excluding carboxylic acids is 1. The molecule has 1 aliphatic heterocycles. The van der Waals surface area contributed by atoms with Gasteiger partial charge in [-0.15, -0.1) is 0 Å². The molecule has 1 aliphatic rings. The predicted molar refractivity (Wildman–Crippen MR) is 69.5 cm³/mol. The summed E-state index contributed by atoms with van der Waals surface area (Å²) in [4.78, 5) is 12.2. The van der Waals surface area contributed by atoms with E-state index in [1.165, 1.54) is 0 Å². The highest BCUT2D eigenvalue weighted by atomic mass is 16.2. The summed E-state index contributed by atoms with van der Waals surface area (Å²) < 4.78 is 1.75. The van der Waals surface area contributed by atoms with E-state index in [4.69, 9.17) is 0 Å². The lowest BCUT2D eigenvalue weighted by molar-refractivity contribution is 0.0936. The van der Waals surface area contributed by atoms with Gasteiger partial charge >= 0.3 is 0 Å². The van der Waals surface area contributed by atoms with Crippen molar-refractivity contribution in [1.82, 2.24) is 20.4 Å². The molecule has 3 rings (SSSR count). The maximum atomic E-state index is 12.2. The van der Waals surface area contributed by atoms with Gasteiger partial charge in [0.15, 0.2) is 5.69 Å². The Morgan fingerprint density at radius 1 is 1.50 bits per heavy atom. The second-order valence-corrected chi connectivity index (χ2v) is 4.65. The average Bonchev–Trinajstić information content (AvgIpc) is 2.98. The molecule has 0 bridgehead atoms. The van der Waals surface area contributed by atoms with Crippen LogP contribution < -0.4 is 10.6 Å². The fraction of sp³-hybridized carbons (Fsp3) is 0.385. The van der Waals surface area contributed by atoms with Crippen LogP contribution in [0.15, 0.2) is 24.3 Å². The normalized spacial score (nSPS) is 19.3. The highest BCUT2D eigenvalue weighted by Crippen LogP contribution is 2.17. The second kappa shape index (κ2) is 4.42. The Kier molecular flexibility index (Phi) is 2.76.